The summed E-state index contributed by atoms with van der Waals surface area (Å²) in [5.74, 6) is -0.478. The number of likely N-dealkylation sites (N-methyl/N-ethyl adjacent to an activating group) is 1. The molecule has 0 aliphatic carbocycles. The first kappa shape index (κ1) is 25.5. The lowest BCUT2D eigenvalue weighted by atomic mass is 9.95. The van der Waals surface area contributed by atoms with Crippen molar-refractivity contribution in [3.05, 3.63) is 118 Å². The highest BCUT2D eigenvalue weighted by atomic mass is 35.5. The van der Waals surface area contributed by atoms with Gasteiger partial charge in [0.1, 0.15) is 6.04 Å². The maximum Gasteiger partial charge on any atom is 0.322 e. The normalized spacial score (nSPS) is 17.8. The Morgan fingerprint density at radius 2 is 1.61 bits per heavy atom. The van der Waals surface area contributed by atoms with Gasteiger partial charge < -0.3 is 15.5 Å². The van der Waals surface area contributed by atoms with E-state index in [1.54, 1.807) is 36.2 Å². The van der Waals surface area contributed by atoms with Crippen molar-refractivity contribution in [1.29, 1.82) is 0 Å². The summed E-state index contributed by atoms with van der Waals surface area (Å²) >= 11 is 6.07. The van der Waals surface area contributed by atoms with Gasteiger partial charge in [-0.05, 0) is 35.2 Å². The van der Waals surface area contributed by atoms with Crippen molar-refractivity contribution in [3.63, 3.8) is 0 Å². The summed E-state index contributed by atoms with van der Waals surface area (Å²) in [5, 5.41) is 6.54. The largest absolute Gasteiger partial charge is 0.354 e. The quantitative estimate of drug-likeness (QED) is 0.462. The number of rotatable bonds is 8. The molecule has 0 spiro atoms. The molecule has 2 aliphatic heterocycles. The smallest absolute Gasteiger partial charge is 0.322 e. The number of nitrogens with one attached hydrogen (secondary N) is 2. The van der Waals surface area contributed by atoms with Gasteiger partial charge in [0.2, 0.25) is 5.91 Å². The van der Waals surface area contributed by atoms with Gasteiger partial charge in [-0.25, -0.2) is 4.79 Å². The Bertz CT molecular complexity index is 1360. The summed E-state index contributed by atoms with van der Waals surface area (Å²) in [6.07, 6.45) is 1.05. The maximum absolute atomic E-state index is 14.0. The molecule has 0 saturated heterocycles. The molecule has 194 valence electrons. The minimum atomic E-state index is -0.736. The summed E-state index contributed by atoms with van der Waals surface area (Å²) in [6, 6.07) is 25.0. The Hall–Kier alpha value is -4.10. The van der Waals surface area contributed by atoms with E-state index in [-0.39, 0.29) is 24.4 Å². The van der Waals surface area contributed by atoms with E-state index < -0.39 is 12.1 Å². The topological polar surface area (TPSA) is 81.8 Å². The Balaban J connectivity index is 1.41. The van der Waals surface area contributed by atoms with Crippen LogP contribution in [0, 0.1) is 0 Å². The van der Waals surface area contributed by atoms with Crippen LogP contribution in [-0.2, 0) is 22.4 Å². The fourth-order valence-electron chi connectivity index (χ4n) is 5.02. The summed E-state index contributed by atoms with van der Waals surface area (Å²) in [5.41, 5.74) is 3.91. The van der Waals surface area contributed by atoms with Gasteiger partial charge in [-0.3, -0.25) is 14.5 Å². The molecular formula is C30H29ClN4O3. The molecule has 0 saturated carbocycles. The summed E-state index contributed by atoms with van der Waals surface area (Å²) in [4.78, 5) is 43.4. The lowest BCUT2D eigenvalue weighted by Gasteiger charge is -2.31. The average Bonchev–Trinajstić information content (AvgIpc) is 3.28. The van der Waals surface area contributed by atoms with E-state index in [1.165, 1.54) is 4.90 Å². The van der Waals surface area contributed by atoms with Gasteiger partial charge in [0.15, 0.2) is 0 Å². The van der Waals surface area contributed by atoms with Crippen LogP contribution < -0.4 is 10.6 Å². The molecule has 38 heavy (non-hydrogen) atoms. The number of nitrogens with zero attached hydrogens (tertiary/aromatic N) is 2. The molecule has 2 N–H and O–H groups in total. The molecule has 0 aromatic heterocycles. The minimum Gasteiger partial charge on any atom is -0.354 e. The average molecular weight is 529 g/mol. The number of amides is 4. The molecule has 2 aliphatic rings. The Morgan fingerprint density at radius 3 is 2.26 bits per heavy atom. The molecule has 5 rings (SSSR count). The third-order valence-corrected chi connectivity index (χ3v) is 7.35. The van der Waals surface area contributed by atoms with Crippen LogP contribution in [-0.4, -0.2) is 53.8 Å². The van der Waals surface area contributed by atoms with E-state index in [9.17, 15) is 14.4 Å². The fraction of sp³-hybridized carbons (Fsp3) is 0.233. The van der Waals surface area contributed by atoms with Crippen LogP contribution >= 0.6 is 11.6 Å². The van der Waals surface area contributed by atoms with Crippen LogP contribution in [0.3, 0.4) is 0 Å². The molecule has 0 unspecified atom stereocenters. The SMILES string of the molecule is CN1C(=O)N[C@@H](c2ccc(Cl)cc2)C2=C1CN([C@H](Cc1ccccc1)C(=O)NCCc1ccccc1)C2=O. The van der Waals surface area contributed by atoms with Crippen LogP contribution in [0.1, 0.15) is 22.7 Å². The van der Waals surface area contributed by atoms with E-state index in [1.807, 2.05) is 60.7 Å². The second-order valence-electron chi connectivity index (χ2n) is 9.52. The Kier molecular flexibility index (Phi) is 7.47. The standard InChI is InChI=1S/C30H29ClN4O3/c1-34-25-19-35(29(37)26(25)27(33-30(34)38)22-12-14-23(31)15-13-22)24(18-21-10-6-3-7-11-21)28(36)32-17-16-20-8-4-2-5-9-20/h2-15,24,27H,16-19H2,1H3,(H,32,36)(H,33,38)/t24-,27+/m1/s1. The Morgan fingerprint density at radius 1 is 0.974 bits per heavy atom. The molecule has 0 radical (unpaired) electrons. The fourth-order valence-corrected chi connectivity index (χ4v) is 5.15. The van der Waals surface area contributed by atoms with Gasteiger partial charge in [-0.2, -0.15) is 0 Å². The van der Waals surface area contributed by atoms with Crippen LogP contribution in [0.25, 0.3) is 0 Å². The van der Waals surface area contributed by atoms with E-state index >= 15 is 0 Å². The summed E-state index contributed by atoms with van der Waals surface area (Å²) in [7, 11) is 1.64. The molecule has 3 aromatic carbocycles. The van der Waals surface area contributed by atoms with Crippen molar-refractivity contribution in [2.24, 2.45) is 0 Å². The highest BCUT2D eigenvalue weighted by Crippen LogP contribution is 2.37. The molecule has 4 amide bonds. The van der Waals surface area contributed by atoms with Gasteiger partial charge in [0, 0.05) is 25.0 Å². The Labute approximate surface area is 227 Å². The van der Waals surface area contributed by atoms with Gasteiger partial charge >= 0.3 is 6.03 Å². The molecule has 8 heteroatoms. The summed E-state index contributed by atoms with van der Waals surface area (Å²) < 4.78 is 0. The van der Waals surface area contributed by atoms with E-state index in [0.29, 0.717) is 35.7 Å². The number of halogens is 1. The van der Waals surface area contributed by atoms with Crippen molar-refractivity contribution >= 4 is 29.4 Å². The molecule has 7 nitrogen and oxygen atoms in total. The number of hydrogen-bond acceptors (Lipinski definition) is 3. The predicted molar refractivity (Wildman–Crippen MR) is 146 cm³/mol. The molecule has 3 aromatic rings. The zero-order valence-corrected chi connectivity index (χ0v) is 21.8. The molecular weight excluding hydrogens is 500 g/mol. The monoisotopic (exact) mass is 528 g/mol. The van der Waals surface area contributed by atoms with Crippen molar-refractivity contribution in [3.8, 4) is 0 Å². The zero-order chi connectivity index (χ0) is 26.6. The van der Waals surface area contributed by atoms with Gasteiger partial charge in [-0.1, -0.05) is 84.4 Å². The first-order chi connectivity index (χ1) is 18.4. The molecule has 2 heterocycles. The van der Waals surface area contributed by atoms with Crippen molar-refractivity contribution in [2.75, 3.05) is 20.1 Å². The van der Waals surface area contributed by atoms with E-state index in [0.717, 1.165) is 16.7 Å². The van der Waals surface area contributed by atoms with Gasteiger partial charge in [0.05, 0.1) is 23.9 Å². The molecule has 0 fully saturated rings. The van der Waals surface area contributed by atoms with E-state index in [2.05, 4.69) is 10.6 Å². The van der Waals surface area contributed by atoms with Crippen LogP contribution in [0.2, 0.25) is 5.02 Å². The summed E-state index contributed by atoms with van der Waals surface area (Å²) in [6.45, 7) is 0.627. The number of urea groups is 1. The van der Waals surface area contributed by atoms with Crippen LogP contribution in [0.5, 0.6) is 0 Å². The second kappa shape index (κ2) is 11.1. The number of hydrogen-bond donors (Lipinski definition) is 2. The minimum absolute atomic E-state index is 0.172. The maximum atomic E-state index is 14.0. The van der Waals surface area contributed by atoms with Gasteiger partial charge in [0.25, 0.3) is 5.91 Å². The first-order valence-corrected chi connectivity index (χ1v) is 13.0. The van der Waals surface area contributed by atoms with Crippen molar-refractivity contribution < 1.29 is 14.4 Å². The van der Waals surface area contributed by atoms with Crippen LogP contribution in [0.15, 0.2) is 96.2 Å². The second-order valence-corrected chi connectivity index (χ2v) is 9.96. The molecule has 0 bridgehead atoms. The molecule has 2 atom stereocenters. The number of benzene rings is 3. The first-order valence-electron chi connectivity index (χ1n) is 12.6. The zero-order valence-electron chi connectivity index (χ0n) is 21.1. The highest BCUT2D eigenvalue weighted by molar-refractivity contribution is 6.30. The third-order valence-electron chi connectivity index (χ3n) is 7.10. The third kappa shape index (κ3) is 5.29. The van der Waals surface area contributed by atoms with Gasteiger partial charge in [-0.15, -0.1) is 0 Å². The lowest BCUT2D eigenvalue weighted by molar-refractivity contribution is -0.136. The number of carbonyl (C=O) groups excluding carboxylic acids is 3. The van der Waals surface area contributed by atoms with Crippen LogP contribution in [0.4, 0.5) is 4.79 Å². The number of carbonyl (C=O) groups is 3. The highest BCUT2D eigenvalue weighted by Gasteiger charge is 2.46. The lowest BCUT2D eigenvalue weighted by Crippen LogP contribution is -2.50. The van der Waals surface area contributed by atoms with Crippen molar-refractivity contribution in [1.82, 2.24) is 20.4 Å². The van der Waals surface area contributed by atoms with Crippen molar-refractivity contribution in [2.45, 2.75) is 24.9 Å². The predicted octanol–water partition coefficient (Wildman–Crippen LogP) is 4.10. The van der Waals surface area contributed by atoms with E-state index in [4.69, 9.17) is 11.6 Å².